The molecule has 1 aliphatic heterocycles. The molecule has 0 aliphatic carbocycles. The zero-order chi connectivity index (χ0) is 24.4. The standard InChI is InChI=1S/C26H28N6O3/c1-2-3-13-30-16-20(33)17-31-22-10-5-4-9-21(22)27-26(31)28-25(35)19-8-6-7-18(14-19)15-32-24(34)12-11-23(30)29-32/h4-12,14,20,33H,2-3,13,15-17H2,1H3,(H,27,28,35)/t20-/m1/s1. The third-order valence-electron chi connectivity index (χ3n) is 6.18. The van der Waals surface area contributed by atoms with Gasteiger partial charge in [-0.2, -0.15) is 5.10 Å². The number of amides is 1. The van der Waals surface area contributed by atoms with Crippen LogP contribution in [0.3, 0.4) is 0 Å². The molecule has 4 bridgehead atoms. The van der Waals surface area contributed by atoms with Gasteiger partial charge in [0.15, 0.2) is 0 Å². The Morgan fingerprint density at radius 2 is 1.91 bits per heavy atom. The van der Waals surface area contributed by atoms with Gasteiger partial charge in [-0.25, -0.2) is 9.67 Å². The highest BCUT2D eigenvalue weighted by molar-refractivity contribution is 6.04. The van der Waals surface area contributed by atoms with E-state index < -0.39 is 6.10 Å². The van der Waals surface area contributed by atoms with Crippen LogP contribution < -0.4 is 15.8 Å². The highest BCUT2D eigenvalue weighted by atomic mass is 16.3. The van der Waals surface area contributed by atoms with Crippen molar-refractivity contribution in [2.24, 2.45) is 0 Å². The molecule has 0 spiro atoms. The third kappa shape index (κ3) is 4.81. The van der Waals surface area contributed by atoms with Gasteiger partial charge in [-0.05, 0) is 42.3 Å². The lowest BCUT2D eigenvalue weighted by Crippen LogP contribution is -2.37. The number of β-amino-alcohol motifs (C(OH)–C–C–N with tert-alkyl or cyclic N) is 1. The van der Waals surface area contributed by atoms with Crippen LogP contribution in [0.15, 0.2) is 65.5 Å². The van der Waals surface area contributed by atoms with E-state index in [1.807, 2.05) is 39.8 Å². The first-order chi connectivity index (χ1) is 17.0. The molecule has 2 aromatic carbocycles. The number of aliphatic hydroxyl groups is 1. The lowest BCUT2D eigenvalue weighted by atomic mass is 10.1. The Bertz CT molecular complexity index is 1430. The van der Waals surface area contributed by atoms with E-state index in [-0.39, 0.29) is 24.6 Å². The van der Waals surface area contributed by atoms with Gasteiger partial charge in [-0.3, -0.25) is 14.9 Å². The Labute approximate surface area is 202 Å². The third-order valence-corrected chi connectivity index (χ3v) is 6.18. The molecule has 3 heterocycles. The molecule has 9 nitrogen and oxygen atoms in total. The van der Waals surface area contributed by atoms with Gasteiger partial charge in [0, 0.05) is 24.7 Å². The summed E-state index contributed by atoms with van der Waals surface area (Å²) in [5.41, 5.74) is 2.57. The SMILES string of the molecule is CCCCN1C[C@@H](O)Cn2c(nc3ccccc32)NC(=O)c2cccc(c2)Cn2nc1ccc2=O. The fraction of sp³-hybridized carbons (Fsp3) is 0.308. The number of anilines is 2. The quantitative estimate of drug-likeness (QED) is 0.475. The Morgan fingerprint density at radius 3 is 2.77 bits per heavy atom. The topological polar surface area (TPSA) is 105 Å². The molecule has 180 valence electrons. The van der Waals surface area contributed by atoms with E-state index in [0.29, 0.717) is 30.4 Å². The number of aliphatic hydroxyl groups excluding tert-OH is 1. The number of carbonyl (C=O) groups excluding carboxylic acids is 1. The van der Waals surface area contributed by atoms with Crippen molar-refractivity contribution in [3.05, 3.63) is 82.1 Å². The molecular weight excluding hydrogens is 444 g/mol. The normalized spacial score (nSPS) is 16.3. The minimum Gasteiger partial charge on any atom is -0.389 e. The maximum absolute atomic E-state index is 13.1. The van der Waals surface area contributed by atoms with Crippen molar-refractivity contribution in [2.75, 3.05) is 23.3 Å². The number of carbonyl (C=O) groups is 1. The van der Waals surface area contributed by atoms with Crippen LogP contribution in [-0.2, 0) is 13.1 Å². The van der Waals surface area contributed by atoms with Crippen molar-refractivity contribution in [1.29, 1.82) is 0 Å². The number of nitrogens with zero attached hydrogens (tertiary/aromatic N) is 5. The van der Waals surface area contributed by atoms with Crippen molar-refractivity contribution in [1.82, 2.24) is 19.3 Å². The van der Waals surface area contributed by atoms with Crippen LogP contribution in [0.5, 0.6) is 0 Å². The summed E-state index contributed by atoms with van der Waals surface area (Å²) < 4.78 is 3.24. The molecular formula is C26H28N6O3. The molecule has 5 rings (SSSR count). The van der Waals surface area contributed by atoms with Gasteiger partial charge in [0.25, 0.3) is 11.5 Å². The van der Waals surface area contributed by atoms with Gasteiger partial charge in [0.2, 0.25) is 5.95 Å². The average Bonchev–Trinajstić information content (AvgIpc) is 3.19. The summed E-state index contributed by atoms with van der Waals surface area (Å²) in [7, 11) is 0. The van der Waals surface area contributed by atoms with Crippen LogP contribution in [0.4, 0.5) is 11.8 Å². The fourth-order valence-electron chi connectivity index (χ4n) is 4.40. The molecule has 0 unspecified atom stereocenters. The van der Waals surface area contributed by atoms with Crippen LogP contribution in [0.2, 0.25) is 0 Å². The molecule has 2 N–H and O–H groups in total. The lowest BCUT2D eigenvalue weighted by Gasteiger charge is -2.27. The fourth-order valence-corrected chi connectivity index (χ4v) is 4.40. The number of benzene rings is 2. The number of hydrogen-bond acceptors (Lipinski definition) is 6. The first-order valence-corrected chi connectivity index (χ1v) is 11.9. The smallest absolute Gasteiger partial charge is 0.267 e. The number of aromatic nitrogens is 4. The minimum absolute atomic E-state index is 0.226. The predicted octanol–water partition coefficient (Wildman–Crippen LogP) is 2.87. The van der Waals surface area contributed by atoms with E-state index in [2.05, 4.69) is 22.3 Å². The van der Waals surface area contributed by atoms with E-state index in [1.54, 1.807) is 24.3 Å². The van der Waals surface area contributed by atoms with Crippen LogP contribution in [0.25, 0.3) is 11.0 Å². The Hall–Kier alpha value is -3.98. The Kier molecular flexibility index (Phi) is 6.33. The number of fused-ring (bicyclic) bond motifs is 7. The number of rotatable bonds is 3. The molecule has 4 aromatic rings. The summed E-state index contributed by atoms with van der Waals surface area (Å²) in [5.74, 6) is 0.699. The van der Waals surface area contributed by atoms with Gasteiger partial charge in [0.05, 0.1) is 30.2 Å². The predicted molar refractivity (Wildman–Crippen MR) is 135 cm³/mol. The molecule has 1 amide bonds. The maximum Gasteiger partial charge on any atom is 0.267 e. The number of nitrogens with one attached hydrogen (secondary N) is 1. The largest absolute Gasteiger partial charge is 0.389 e. The van der Waals surface area contributed by atoms with Crippen molar-refractivity contribution in [3.8, 4) is 0 Å². The highest BCUT2D eigenvalue weighted by Gasteiger charge is 2.21. The summed E-state index contributed by atoms with van der Waals surface area (Å²) in [6.45, 7) is 3.59. The number of para-hydroxylation sites is 2. The average molecular weight is 473 g/mol. The van der Waals surface area contributed by atoms with Crippen molar-refractivity contribution in [3.63, 3.8) is 0 Å². The summed E-state index contributed by atoms with van der Waals surface area (Å²) >= 11 is 0. The maximum atomic E-state index is 13.1. The van der Waals surface area contributed by atoms with Crippen LogP contribution >= 0.6 is 0 Å². The molecule has 0 saturated carbocycles. The van der Waals surface area contributed by atoms with Gasteiger partial charge in [-0.15, -0.1) is 0 Å². The molecule has 9 heteroatoms. The second-order valence-corrected chi connectivity index (χ2v) is 8.83. The molecule has 1 atom stereocenters. The van der Waals surface area contributed by atoms with Crippen molar-refractivity contribution >= 4 is 28.7 Å². The number of hydrogen-bond donors (Lipinski definition) is 2. The molecule has 0 fully saturated rings. The van der Waals surface area contributed by atoms with E-state index in [9.17, 15) is 14.7 Å². The molecule has 0 radical (unpaired) electrons. The first kappa shape index (κ1) is 22.8. The van der Waals surface area contributed by atoms with Crippen molar-refractivity contribution in [2.45, 2.75) is 39.0 Å². The van der Waals surface area contributed by atoms with E-state index in [4.69, 9.17) is 0 Å². The minimum atomic E-state index is -0.770. The summed E-state index contributed by atoms with van der Waals surface area (Å²) in [5, 5.41) is 18.7. The summed E-state index contributed by atoms with van der Waals surface area (Å²) in [6, 6.07) is 17.9. The van der Waals surface area contributed by atoms with Crippen LogP contribution in [0, 0.1) is 0 Å². The van der Waals surface area contributed by atoms with Gasteiger partial charge >= 0.3 is 0 Å². The second kappa shape index (κ2) is 9.71. The van der Waals surface area contributed by atoms with Gasteiger partial charge in [-0.1, -0.05) is 37.6 Å². The van der Waals surface area contributed by atoms with Crippen molar-refractivity contribution < 1.29 is 9.90 Å². The Balaban J connectivity index is 1.62. The van der Waals surface area contributed by atoms with E-state index in [0.717, 1.165) is 29.4 Å². The molecule has 0 saturated heterocycles. The number of unbranched alkanes of at least 4 members (excludes halogenated alkanes) is 1. The monoisotopic (exact) mass is 472 g/mol. The first-order valence-electron chi connectivity index (χ1n) is 11.9. The molecule has 2 aromatic heterocycles. The van der Waals surface area contributed by atoms with Crippen LogP contribution in [-0.4, -0.2) is 49.5 Å². The van der Waals surface area contributed by atoms with E-state index >= 15 is 0 Å². The summed E-state index contributed by atoms with van der Waals surface area (Å²) in [4.78, 5) is 32.3. The zero-order valence-corrected chi connectivity index (χ0v) is 19.6. The van der Waals surface area contributed by atoms with Gasteiger partial charge in [0.1, 0.15) is 5.82 Å². The Morgan fingerprint density at radius 1 is 1.06 bits per heavy atom. The van der Waals surface area contributed by atoms with Crippen LogP contribution in [0.1, 0.15) is 35.7 Å². The zero-order valence-electron chi connectivity index (χ0n) is 19.6. The molecule has 35 heavy (non-hydrogen) atoms. The highest BCUT2D eigenvalue weighted by Crippen LogP contribution is 2.22. The van der Waals surface area contributed by atoms with E-state index in [1.165, 1.54) is 10.7 Å². The summed E-state index contributed by atoms with van der Waals surface area (Å²) in [6.07, 6.45) is 1.14. The van der Waals surface area contributed by atoms with Gasteiger partial charge < -0.3 is 14.6 Å². The lowest BCUT2D eigenvalue weighted by molar-refractivity contribution is 0.102. The number of imidazole rings is 1. The molecule has 1 aliphatic rings. The second-order valence-electron chi connectivity index (χ2n) is 8.83.